The maximum absolute atomic E-state index is 12.1. The third-order valence-corrected chi connectivity index (χ3v) is 5.58. The molecule has 0 bridgehead atoms. The number of thiophene rings is 1. The molecule has 0 saturated heterocycles. The first-order valence-electron chi connectivity index (χ1n) is 8.85. The molecule has 0 saturated carbocycles. The number of nitrogens with zero attached hydrogens (tertiary/aromatic N) is 2. The standard InChI is InChI=1S/C20H21N3O3S/c1-25-15-9-7-14(8-10-15)12-22-26-13-19(24)23-20-17(11-21)16-5-3-2-4-6-18(16)27-20/h7-10,12H,2-6,13H2,1H3,(H,23,24)/b22-12-. The number of benzene rings is 1. The van der Waals surface area contributed by atoms with E-state index >= 15 is 0 Å². The Morgan fingerprint density at radius 2 is 2.07 bits per heavy atom. The summed E-state index contributed by atoms with van der Waals surface area (Å²) in [6, 6.07) is 9.56. The molecule has 140 valence electrons. The number of hydrogen-bond acceptors (Lipinski definition) is 6. The van der Waals surface area contributed by atoms with Crippen LogP contribution in [0.4, 0.5) is 5.00 Å². The lowest BCUT2D eigenvalue weighted by Gasteiger charge is -2.03. The zero-order chi connectivity index (χ0) is 19.1. The highest BCUT2D eigenvalue weighted by Crippen LogP contribution is 2.36. The van der Waals surface area contributed by atoms with Crippen molar-refractivity contribution in [2.24, 2.45) is 5.16 Å². The Labute approximate surface area is 162 Å². The monoisotopic (exact) mass is 383 g/mol. The minimum Gasteiger partial charge on any atom is -0.497 e. The fourth-order valence-corrected chi connectivity index (χ4v) is 4.25. The largest absolute Gasteiger partial charge is 0.497 e. The molecule has 0 spiro atoms. The molecule has 1 aromatic heterocycles. The number of carbonyl (C=O) groups excluding carboxylic acids is 1. The van der Waals surface area contributed by atoms with Crippen LogP contribution in [0.1, 0.15) is 40.8 Å². The van der Waals surface area contributed by atoms with Crippen molar-refractivity contribution < 1.29 is 14.4 Å². The SMILES string of the molecule is COc1ccc(/C=N\OCC(=O)Nc2sc3c(c2C#N)CCCCC3)cc1. The number of amides is 1. The van der Waals surface area contributed by atoms with E-state index in [4.69, 9.17) is 9.57 Å². The number of anilines is 1. The van der Waals surface area contributed by atoms with E-state index in [0.717, 1.165) is 42.6 Å². The minimum atomic E-state index is -0.324. The molecule has 0 atom stereocenters. The molecule has 1 N–H and O–H groups in total. The summed E-state index contributed by atoms with van der Waals surface area (Å²) >= 11 is 1.51. The highest BCUT2D eigenvalue weighted by atomic mass is 32.1. The lowest BCUT2D eigenvalue weighted by atomic mass is 10.1. The molecular formula is C20H21N3O3S. The molecular weight excluding hydrogens is 362 g/mol. The van der Waals surface area contributed by atoms with Crippen LogP contribution in [0.3, 0.4) is 0 Å². The van der Waals surface area contributed by atoms with Gasteiger partial charge in [0.25, 0.3) is 5.91 Å². The molecule has 1 aromatic carbocycles. The third-order valence-electron chi connectivity index (χ3n) is 4.37. The van der Waals surface area contributed by atoms with Gasteiger partial charge in [-0.15, -0.1) is 11.3 Å². The first kappa shape index (κ1) is 18.9. The van der Waals surface area contributed by atoms with Crippen molar-refractivity contribution in [1.82, 2.24) is 0 Å². The van der Waals surface area contributed by atoms with E-state index in [-0.39, 0.29) is 12.5 Å². The quantitative estimate of drug-likeness (QED) is 0.466. The van der Waals surface area contributed by atoms with E-state index in [1.54, 1.807) is 7.11 Å². The highest BCUT2D eigenvalue weighted by Gasteiger charge is 2.20. The van der Waals surface area contributed by atoms with Crippen molar-refractivity contribution in [1.29, 1.82) is 5.26 Å². The van der Waals surface area contributed by atoms with Crippen LogP contribution in [0.15, 0.2) is 29.4 Å². The summed E-state index contributed by atoms with van der Waals surface area (Å²) in [4.78, 5) is 18.4. The summed E-state index contributed by atoms with van der Waals surface area (Å²) in [5.41, 5.74) is 2.55. The summed E-state index contributed by atoms with van der Waals surface area (Å²) in [7, 11) is 1.61. The number of fused-ring (bicyclic) bond motifs is 1. The van der Waals surface area contributed by atoms with E-state index in [0.29, 0.717) is 10.6 Å². The van der Waals surface area contributed by atoms with Crippen molar-refractivity contribution in [2.75, 3.05) is 19.0 Å². The van der Waals surface area contributed by atoms with Crippen molar-refractivity contribution in [3.63, 3.8) is 0 Å². The zero-order valence-electron chi connectivity index (χ0n) is 15.2. The summed E-state index contributed by atoms with van der Waals surface area (Å²) in [6.45, 7) is -0.208. The Hall–Kier alpha value is -2.85. The molecule has 1 amide bonds. The molecule has 1 aliphatic rings. The second-order valence-corrected chi connectivity index (χ2v) is 7.31. The first-order chi connectivity index (χ1) is 13.2. The van der Waals surface area contributed by atoms with Crippen LogP contribution in [0, 0.1) is 11.3 Å². The van der Waals surface area contributed by atoms with Crippen LogP contribution in [0.5, 0.6) is 5.75 Å². The molecule has 0 unspecified atom stereocenters. The molecule has 2 aromatic rings. The average Bonchev–Trinajstić information content (AvgIpc) is 2.85. The smallest absolute Gasteiger partial charge is 0.265 e. The zero-order valence-corrected chi connectivity index (χ0v) is 16.0. The van der Waals surface area contributed by atoms with Gasteiger partial charge in [-0.25, -0.2) is 0 Å². The predicted molar refractivity (Wildman–Crippen MR) is 105 cm³/mol. The number of carbonyl (C=O) groups is 1. The topological polar surface area (TPSA) is 83.7 Å². The molecule has 7 heteroatoms. The van der Waals surface area contributed by atoms with Gasteiger partial charge >= 0.3 is 0 Å². The third kappa shape index (κ3) is 4.86. The minimum absolute atomic E-state index is 0.208. The van der Waals surface area contributed by atoms with Gasteiger partial charge in [0.05, 0.1) is 18.9 Å². The Morgan fingerprint density at radius 1 is 1.30 bits per heavy atom. The Morgan fingerprint density at radius 3 is 2.81 bits per heavy atom. The molecule has 1 heterocycles. The van der Waals surface area contributed by atoms with E-state index < -0.39 is 0 Å². The van der Waals surface area contributed by atoms with E-state index in [1.807, 2.05) is 24.3 Å². The summed E-state index contributed by atoms with van der Waals surface area (Å²) in [6.07, 6.45) is 6.83. The summed E-state index contributed by atoms with van der Waals surface area (Å²) in [5.74, 6) is 0.435. The lowest BCUT2D eigenvalue weighted by molar-refractivity contribution is -0.120. The van der Waals surface area contributed by atoms with Gasteiger partial charge in [0.1, 0.15) is 16.8 Å². The van der Waals surface area contributed by atoms with Crippen LogP contribution in [-0.4, -0.2) is 25.8 Å². The first-order valence-corrected chi connectivity index (χ1v) is 9.66. The second kappa shape index (κ2) is 9.19. The van der Waals surface area contributed by atoms with Gasteiger partial charge in [0.15, 0.2) is 6.61 Å². The van der Waals surface area contributed by atoms with Gasteiger partial charge in [-0.2, -0.15) is 5.26 Å². The molecule has 3 rings (SSSR count). The van der Waals surface area contributed by atoms with Crippen molar-refractivity contribution in [3.8, 4) is 11.8 Å². The van der Waals surface area contributed by atoms with Crippen LogP contribution in [0.25, 0.3) is 0 Å². The fraction of sp³-hybridized carbons (Fsp3) is 0.350. The Kier molecular flexibility index (Phi) is 6.44. The van der Waals surface area contributed by atoms with Crippen LogP contribution < -0.4 is 10.1 Å². The average molecular weight is 383 g/mol. The Balaban J connectivity index is 1.55. The van der Waals surface area contributed by atoms with Crippen molar-refractivity contribution >= 4 is 28.5 Å². The predicted octanol–water partition coefficient (Wildman–Crippen LogP) is 3.89. The van der Waals surface area contributed by atoms with Gasteiger partial charge in [-0.05, 0) is 61.1 Å². The van der Waals surface area contributed by atoms with Gasteiger partial charge in [-0.1, -0.05) is 11.6 Å². The number of nitrogens with one attached hydrogen (secondary N) is 1. The molecule has 0 radical (unpaired) electrons. The fourth-order valence-electron chi connectivity index (χ4n) is 3.00. The van der Waals surface area contributed by atoms with Crippen LogP contribution >= 0.6 is 11.3 Å². The number of ether oxygens (including phenoxy) is 1. The molecule has 6 nitrogen and oxygen atoms in total. The Bertz CT molecular complexity index is 866. The van der Waals surface area contributed by atoms with E-state index in [1.165, 1.54) is 28.8 Å². The maximum atomic E-state index is 12.1. The second-order valence-electron chi connectivity index (χ2n) is 6.21. The molecule has 1 aliphatic carbocycles. The van der Waals surface area contributed by atoms with E-state index in [2.05, 4.69) is 16.5 Å². The number of nitriles is 1. The maximum Gasteiger partial charge on any atom is 0.265 e. The highest BCUT2D eigenvalue weighted by molar-refractivity contribution is 7.16. The van der Waals surface area contributed by atoms with Gasteiger partial charge in [0, 0.05) is 4.88 Å². The van der Waals surface area contributed by atoms with Gasteiger partial charge < -0.3 is 14.9 Å². The molecule has 0 fully saturated rings. The number of oxime groups is 1. The van der Waals surface area contributed by atoms with Gasteiger partial charge in [-0.3, -0.25) is 4.79 Å². The number of aryl methyl sites for hydroxylation is 1. The normalized spacial score (nSPS) is 13.5. The summed E-state index contributed by atoms with van der Waals surface area (Å²) < 4.78 is 5.09. The lowest BCUT2D eigenvalue weighted by Crippen LogP contribution is -2.17. The van der Waals surface area contributed by atoms with Crippen molar-refractivity contribution in [3.05, 3.63) is 45.8 Å². The van der Waals surface area contributed by atoms with Crippen LogP contribution in [-0.2, 0) is 22.5 Å². The van der Waals surface area contributed by atoms with Gasteiger partial charge in [0.2, 0.25) is 0 Å². The number of rotatable bonds is 6. The van der Waals surface area contributed by atoms with Crippen LogP contribution in [0.2, 0.25) is 0 Å². The number of hydrogen-bond donors (Lipinski definition) is 1. The molecule has 27 heavy (non-hydrogen) atoms. The van der Waals surface area contributed by atoms with E-state index in [9.17, 15) is 10.1 Å². The van der Waals surface area contributed by atoms with Crippen molar-refractivity contribution in [2.45, 2.75) is 32.1 Å². The number of methoxy groups -OCH3 is 1. The summed E-state index contributed by atoms with van der Waals surface area (Å²) in [5, 5.41) is 16.7. The molecule has 0 aliphatic heterocycles.